The van der Waals surface area contributed by atoms with Gasteiger partial charge in [0.2, 0.25) is 5.91 Å². The van der Waals surface area contributed by atoms with Gasteiger partial charge in [-0.2, -0.15) is 0 Å². The molecule has 0 aliphatic rings. The molecule has 5 heteroatoms. The molecule has 106 valence electrons. The van der Waals surface area contributed by atoms with Crippen molar-refractivity contribution in [1.29, 1.82) is 0 Å². The van der Waals surface area contributed by atoms with E-state index in [0.29, 0.717) is 5.69 Å². The number of aliphatic hydroxyl groups is 1. The number of amides is 1. The molecule has 1 aromatic rings. The second-order valence-electron chi connectivity index (χ2n) is 4.73. The molecule has 0 aliphatic carbocycles. The largest absolute Gasteiger partial charge is 0.398 e. The van der Waals surface area contributed by atoms with Crippen molar-refractivity contribution < 1.29 is 9.90 Å². The number of thioether (sulfide) groups is 1. The van der Waals surface area contributed by atoms with Crippen molar-refractivity contribution in [2.45, 2.75) is 44.3 Å². The highest BCUT2D eigenvalue weighted by Crippen LogP contribution is 2.24. The maximum Gasteiger partial charge on any atom is 0.237 e. The number of hydrogen-bond acceptors (Lipinski definition) is 4. The van der Waals surface area contributed by atoms with E-state index in [-0.39, 0.29) is 16.4 Å². The number of hydrogen-bond donors (Lipinski definition) is 3. The van der Waals surface area contributed by atoms with Crippen molar-refractivity contribution in [2.24, 2.45) is 0 Å². The summed E-state index contributed by atoms with van der Waals surface area (Å²) < 4.78 is 0. The summed E-state index contributed by atoms with van der Waals surface area (Å²) in [6.07, 6.45) is -0.436. The first-order valence-electron chi connectivity index (χ1n) is 6.32. The van der Waals surface area contributed by atoms with Crippen molar-refractivity contribution in [3.63, 3.8) is 0 Å². The first kappa shape index (κ1) is 15.9. The fraction of sp³-hybridized carbons (Fsp3) is 0.500. The molecule has 1 aromatic carbocycles. The highest BCUT2D eigenvalue weighted by molar-refractivity contribution is 8.01. The minimum atomic E-state index is -0.436. The van der Waals surface area contributed by atoms with E-state index in [1.807, 2.05) is 32.9 Å². The molecule has 0 bridgehead atoms. The van der Waals surface area contributed by atoms with E-state index in [9.17, 15) is 9.90 Å². The zero-order valence-electron chi connectivity index (χ0n) is 11.8. The van der Waals surface area contributed by atoms with Gasteiger partial charge in [0.1, 0.15) is 0 Å². The second-order valence-corrected chi connectivity index (χ2v) is 6.46. The summed E-state index contributed by atoms with van der Waals surface area (Å²) in [5.41, 5.74) is 8.08. The SMILES string of the molecule is Cc1c(N)cccc1NC(=O)C(C)SC(C)C(C)O. The number of carbonyl (C=O) groups is 1. The molecule has 1 rings (SSSR count). The topological polar surface area (TPSA) is 75.3 Å². The van der Waals surface area contributed by atoms with Crippen LogP contribution in [0.25, 0.3) is 0 Å². The number of rotatable bonds is 5. The van der Waals surface area contributed by atoms with Gasteiger partial charge in [-0.3, -0.25) is 4.79 Å². The molecule has 0 radical (unpaired) electrons. The van der Waals surface area contributed by atoms with Crippen LogP contribution in [-0.2, 0) is 4.79 Å². The Balaban J connectivity index is 2.66. The summed E-state index contributed by atoms with van der Waals surface area (Å²) in [7, 11) is 0. The number of aliphatic hydroxyl groups excluding tert-OH is 1. The van der Waals surface area contributed by atoms with Crippen LogP contribution < -0.4 is 11.1 Å². The molecule has 4 nitrogen and oxygen atoms in total. The normalized spacial score (nSPS) is 15.6. The molecule has 0 fully saturated rings. The van der Waals surface area contributed by atoms with Crippen molar-refractivity contribution in [3.8, 4) is 0 Å². The van der Waals surface area contributed by atoms with E-state index in [1.165, 1.54) is 11.8 Å². The summed E-state index contributed by atoms with van der Waals surface area (Å²) in [6, 6.07) is 5.45. The minimum Gasteiger partial charge on any atom is -0.398 e. The van der Waals surface area contributed by atoms with Crippen LogP contribution in [0.1, 0.15) is 26.3 Å². The molecule has 0 aromatic heterocycles. The smallest absolute Gasteiger partial charge is 0.237 e. The Morgan fingerprint density at radius 2 is 2.00 bits per heavy atom. The standard InChI is InChI=1S/C14H22N2O2S/c1-8-12(15)6-5-7-13(8)16-14(18)11(4)19-10(3)9(2)17/h5-7,9-11,17H,15H2,1-4H3,(H,16,18). The Hall–Kier alpha value is -1.20. The van der Waals surface area contributed by atoms with Gasteiger partial charge in [-0.1, -0.05) is 13.0 Å². The van der Waals surface area contributed by atoms with Gasteiger partial charge >= 0.3 is 0 Å². The third-order valence-electron chi connectivity index (χ3n) is 3.10. The van der Waals surface area contributed by atoms with Gasteiger partial charge in [0, 0.05) is 16.6 Å². The third-order valence-corrected chi connectivity index (χ3v) is 4.55. The predicted octanol–water partition coefficient (Wildman–Crippen LogP) is 2.41. The van der Waals surface area contributed by atoms with E-state index in [0.717, 1.165) is 11.3 Å². The molecule has 19 heavy (non-hydrogen) atoms. The Morgan fingerprint density at radius 3 is 2.58 bits per heavy atom. The molecule has 0 spiro atoms. The van der Waals surface area contributed by atoms with E-state index < -0.39 is 6.10 Å². The van der Waals surface area contributed by atoms with E-state index in [4.69, 9.17) is 5.73 Å². The number of carbonyl (C=O) groups excluding carboxylic acids is 1. The lowest BCUT2D eigenvalue weighted by Crippen LogP contribution is -2.27. The quantitative estimate of drug-likeness (QED) is 0.725. The third kappa shape index (κ3) is 4.44. The molecule has 0 heterocycles. The zero-order chi connectivity index (χ0) is 14.6. The van der Waals surface area contributed by atoms with Gasteiger partial charge in [-0.25, -0.2) is 0 Å². The van der Waals surface area contributed by atoms with Gasteiger partial charge in [0.25, 0.3) is 0 Å². The Labute approximate surface area is 118 Å². The number of nitrogen functional groups attached to an aromatic ring is 1. The summed E-state index contributed by atoms with van der Waals surface area (Å²) >= 11 is 1.45. The van der Waals surface area contributed by atoms with Crippen LogP contribution in [0, 0.1) is 6.92 Å². The molecule has 3 unspecified atom stereocenters. The van der Waals surface area contributed by atoms with Crippen LogP contribution in [0.15, 0.2) is 18.2 Å². The van der Waals surface area contributed by atoms with Gasteiger partial charge in [0.05, 0.1) is 11.4 Å². The highest BCUT2D eigenvalue weighted by Gasteiger charge is 2.20. The average Bonchev–Trinajstić information content (AvgIpc) is 2.34. The maximum atomic E-state index is 12.1. The summed E-state index contributed by atoms with van der Waals surface area (Å²) in [6.45, 7) is 7.34. The average molecular weight is 282 g/mol. The van der Waals surface area contributed by atoms with Crippen molar-refractivity contribution in [1.82, 2.24) is 0 Å². The Kier molecular flexibility index (Phi) is 5.69. The van der Waals surface area contributed by atoms with Gasteiger partial charge in [0.15, 0.2) is 0 Å². The fourth-order valence-electron chi connectivity index (χ4n) is 1.52. The van der Waals surface area contributed by atoms with Crippen LogP contribution >= 0.6 is 11.8 Å². The molecule has 0 aliphatic heterocycles. The number of anilines is 2. The molecule has 3 atom stereocenters. The zero-order valence-corrected chi connectivity index (χ0v) is 12.6. The summed E-state index contributed by atoms with van der Waals surface area (Å²) in [5.74, 6) is -0.0776. The Bertz CT molecular complexity index is 449. The van der Waals surface area contributed by atoms with E-state index >= 15 is 0 Å². The Morgan fingerprint density at radius 1 is 1.37 bits per heavy atom. The first-order valence-corrected chi connectivity index (χ1v) is 7.26. The van der Waals surface area contributed by atoms with E-state index in [1.54, 1.807) is 13.0 Å². The number of benzene rings is 1. The molecule has 0 saturated carbocycles. The van der Waals surface area contributed by atoms with Gasteiger partial charge in [-0.15, -0.1) is 11.8 Å². The lowest BCUT2D eigenvalue weighted by molar-refractivity contribution is -0.115. The van der Waals surface area contributed by atoms with Crippen LogP contribution in [0.3, 0.4) is 0 Å². The summed E-state index contributed by atoms with van der Waals surface area (Å²) in [4.78, 5) is 12.1. The first-order chi connectivity index (χ1) is 8.82. The van der Waals surface area contributed by atoms with Crippen LogP contribution in [0.2, 0.25) is 0 Å². The van der Waals surface area contributed by atoms with Crippen LogP contribution in [0.4, 0.5) is 11.4 Å². The van der Waals surface area contributed by atoms with Gasteiger partial charge in [-0.05, 0) is 38.5 Å². The van der Waals surface area contributed by atoms with Crippen LogP contribution in [-0.4, -0.2) is 27.6 Å². The lowest BCUT2D eigenvalue weighted by Gasteiger charge is -2.19. The molecular formula is C14H22N2O2S. The lowest BCUT2D eigenvalue weighted by atomic mass is 10.1. The van der Waals surface area contributed by atoms with E-state index in [2.05, 4.69) is 5.32 Å². The van der Waals surface area contributed by atoms with Gasteiger partial charge < -0.3 is 16.2 Å². The fourth-order valence-corrected chi connectivity index (χ4v) is 2.57. The van der Waals surface area contributed by atoms with Crippen molar-refractivity contribution in [3.05, 3.63) is 23.8 Å². The second kappa shape index (κ2) is 6.82. The molecule has 1 amide bonds. The monoisotopic (exact) mass is 282 g/mol. The molecular weight excluding hydrogens is 260 g/mol. The molecule has 4 N–H and O–H groups in total. The number of nitrogens with one attached hydrogen (secondary N) is 1. The molecule has 0 saturated heterocycles. The summed E-state index contributed by atoms with van der Waals surface area (Å²) in [5, 5.41) is 12.1. The van der Waals surface area contributed by atoms with Crippen molar-refractivity contribution >= 4 is 29.0 Å². The van der Waals surface area contributed by atoms with Crippen molar-refractivity contribution in [2.75, 3.05) is 11.1 Å². The predicted molar refractivity (Wildman–Crippen MR) is 82.4 cm³/mol. The number of nitrogens with two attached hydrogens (primary N) is 1. The maximum absolute atomic E-state index is 12.1. The minimum absolute atomic E-state index is 0.0164. The highest BCUT2D eigenvalue weighted by atomic mass is 32.2. The van der Waals surface area contributed by atoms with Crippen LogP contribution in [0.5, 0.6) is 0 Å².